The first-order valence-corrected chi connectivity index (χ1v) is 9.19. The number of aromatic nitrogens is 3. The van der Waals surface area contributed by atoms with Crippen molar-refractivity contribution in [1.82, 2.24) is 15.0 Å². The maximum atomic E-state index is 14.0. The summed E-state index contributed by atoms with van der Waals surface area (Å²) < 4.78 is 81.6. The Balaban J connectivity index is 1.71. The molecular formula is C21H12F6N6. The van der Waals surface area contributed by atoms with Crippen molar-refractivity contribution < 1.29 is 26.3 Å². The van der Waals surface area contributed by atoms with Gasteiger partial charge in [0.1, 0.15) is 34.9 Å². The maximum absolute atomic E-state index is 14.0. The van der Waals surface area contributed by atoms with Crippen molar-refractivity contribution in [1.29, 1.82) is 0 Å². The number of hydrogen-bond acceptors (Lipinski definition) is 6. The van der Waals surface area contributed by atoms with Crippen molar-refractivity contribution in [3.63, 3.8) is 0 Å². The Bertz CT molecular complexity index is 1160. The normalized spacial score (nSPS) is 10.7. The molecule has 3 aromatic carbocycles. The van der Waals surface area contributed by atoms with Gasteiger partial charge < -0.3 is 16.0 Å². The van der Waals surface area contributed by atoms with Gasteiger partial charge in [0.2, 0.25) is 17.8 Å². The molecule has 0 aliphatic rings. The zero-order chi connectivity index (χ0) is 23.5. The molecule has 1 heterocycles. The summed E-state index contributed by atoms with van der Waals surface area (Å²) in [6.07, 6.45) is 0. The van der Waals surface area contributed by atoms with E-state index in [0.717, 1.165) is 36.4 Å². The van der Waals surface area contributed by atoms with Gasteiger partial charge in [0, 0.05) is 18.2 Å². The molecule has 0 aliphatic heterocycles. The van der Waals surface area contributed by atoms with Gasteiger partial charge in [-0.25, -0.2) is 26.3 Å². The van der Waals surface area contributed by atoms with Crippen molar-refractivity contribution in [2.45, 2.75) is 0 Å². The number of halogens is 6. The Hall–Kier alpha value is -4.35. The van der Waals surface area contributed by atoms with Gasteiger partial charge >= 0.3 is 0 Å². The van der Waals surface area contributed by atoms with E-state index in [2.05, 4.69) is 30.9 Å². The van der Waals surface area contributed by atoms with Gasteiger partial charge in [0.05, 0.1) is 17.1 Å². The summed E-state index contributed by atoms with van der Waals surface area (Å²) in [7, 11) is 0. The summed E-state index contributed by atoms with van der Waals surface area (Å²) >= 11 is 0. The lowest BCUT2D eigenvalue weighted by molar-refractivity contribution is 0.585. The molecule has 33 heavy (non-hydrogen) atoms. The zero-order valence-corrected chi connectivity index (χ0v) is 16.3. The van der Waals surface area contributed by atoms with Crippen LogP contribution in [0.15, 0.2) is 54.6 Å². The van der Waals surface area contributed by atoms with E-state index in [1.165, 1.54) is 0 Å². The molecule has 168 valence electrons. The standard InChI is InChI=1S/C21H12F6N6/c22-10-1-4-16(13(25)7-10)28-19-31-20(29-17-5-2-11(23)8-14(17)26)33-21(32-19)30-18-6-3-12(24)9-15(18)27/h1-9H,(H3,28,29,30,31,32,33). The molecule has 0 bridgehead atoms. The number of benzene rings is 3. The third kappa shape index (κ3) is 5.29. The van der Waals surface area contributed by atoms with E-state index < -0.39 is 34.9 Å². The molecule has 0 saturated heterocycles. The maximum Gasteiger partial charge on any atom is 0.233 e. The molecule has 0 saturated carbocycles. The third-order valence-electron chi connectivity index (χ3n) is 4.17. The molecule has 3 N–H and O–H groups in total. The summed E-state index contributed by atoms with van der Waals surface area (Å²) in [6.45, 7) is 0. The van der Waals surface area contributed by atoms with Crippen LogP contribution in [0.5, 0.6) is 0 Å². The van der Waals surface area contributed by atoms with Gasteiger partial charge in [-0.05, 0) is 36.4 Å². The smallest absolute Gasteiger partial charge is 0.233 e. The topological polar surface area (TPSA) is 74.8 Å². The van der Waals surface area contributed by atoms with E-state index >= 15 is 0 Å². The first kappa shape index (κ1) is 21.9. The minimum atomic E-state index is -0.950. The summed E-state index contributed by atoms with van der Waals surface area (Å²) in [4.78, 5) is 11.9. The Morgan fingerprint density at radius 1 is 0.424 bits per heavy atom. The van der Waals surface area contributed by atoms with E-state index in [0.29, 0.717) is 18.2 Å². The fourth-order valence-electron chi connectivity index (χ4n) is 2.68. The van der Waals surface area contributed by atoms with Gasteiger partial charge in [0.25, 0.3) is 0 Å². The molecule has 0 radical (unpaired) electrons. The summed E-state index contributed by atoms with van der Waals surface area (Å²) in [5.41, 5.74) is -0.582. The monoisotopic (exact) mass is 462 g/mol. The lowest BCUT2D eigenvalue weighted by atomic mass is 10.3. The first-order valence-electron chi connectivity index (χ1n) is 9.19. The molecular weight excluding hydrogens is 450 g/mol. The van der Waals surface area contributed by atoms with Crippen LogP contribution in [-0.4, -0.2) is 15.0 Å². The minimum Gasteiger partial charge on any atom is -0.321 e. The molecule has 6 nitrogen and oxygen atoms in total. The average Bonchev–Trinajstić information content (AvgIpc) is 2.74. The highest BCUT2D eigenvalue weighted by atomic mass is 19.2. The minimum absolute atomic E-state index is 0.194. The SMILES string of the molecule is Fc1ccc(Nc2nc(Nc3ccc(F)cc3F)nc(Nc3ccc(F)cc3F)n2)c(F)c1. The van der Waals surface area contributed by atoms with Crippen LogP contribution in [0, 0.1) is 34.9 Å². The Morgan fingerprint density at radius 2 is 0.697 bits per heavy atom. The second kappa shape index (κ2) is 9.02. The van der Waals surface area contributed by atoms with Crippen LogP contribution in [0.25, 0.3) is 0 Å². The summed E-state index contributed by atoms with van der Waals surface area (Å²) in [5.74, 6) is -6.14. The first-order chi connectivity index (χ1) is 15.8. The van der Waals surface area contributed by atoms with Crippen LogP contribution in [0.4, 0.5) is 61.2 Å². The number of anilines is 6. The molecule has 12 heteroatoms. The second-order valence-corrected chi connectivity index (χ2v) is 6.55. The molecule has 1 aromatic heterocycles. The van der Waals surface area contributed by atoms with E-state index in [1.54, 1.807) is 0 Å². The predicted molar refractivity (Wildman–Crippen MR) is 109 cm³/mol. The highest BCUT2D eigenvalue weighted by Crippen LogP contribution is 2.25. The number of nitrogens with one attached hydrogen (secondary N) is 3. The fourth-order valence-corrected chi connectivity index (χ4v) is 2.68. The van der Waals surface area contributed by atoms with Gasteiger partial charge in [-0.15, -0.1) is 0 Å². The molecule has 0 spiro atoms. The second-order valence-electron chi connectivity index (χ2n) is 6.55. The Kier molecular flexibility index (Phi) is 5.98. The van der Waals surface area contributed by atoms with Crippen LogP contribution < -0.4 is 16.0 Å². The number of nitrogens with zero attached hydrogens (tertiary/aromatic N) is 3. The van der Waals surface area contributed by atoms with E-state index in [-0.39, 0.29) is 34.9 Å². The largest absolute Gasteiger partial charge is 0.321 e. The van der Waals surface area contributed by atoms with E-state index in [9.17, 15) is 26.3 Å². The molecule has 0 unspecified atom stereocenters. The molecule has 0 fully saturated rings. The van der Waals surface area contributed by atoms with Crippen LogP contribution in [0.3, 0.4) is 0 Å². The lowest BCUT2D eigenvalue weighted by Gasteiger charge is -2.12. The molecule has 4 rings (SSSR count). The van der Waals surface area contributed by atoms with E-state index in [1.807, 2.05) is 0 Å². The quantitative estimate of drug-likeness (QED) is 0.308. The molecule has 0 amide bonds. The van der Waals surface area contributed by atoms with Crippen LogP contribution >= 0.6 is 0 Å². The zero-order valence-electron chi connectivity index (χ0n) is 16.3. The highest BCUT2D eigenvalue weighted by Gasteiger charge is 2.14. The highest BCUT2D eigenvalue weighted by molar-refractivity contribution is 5.62. The van der Waals surface area contributed by atoms with Crippen molar-refractivity contribution >= 4 is 34.9 Å². The van der Waals surface area contributed by atoms with Gasteiger partial charge in [-0.2, -0.15) is 15.0 Å². The Morgan fingerprint density at radius 3 is 0.939 bits per heavy atom. The van der Waals surface area contributed by atoms with Crippen LogP contribution in [0.2, 0.25) is 0 Å². The number of hydrogen-bond donors (Lipinski definition) is 3. The van der Waals surface area contributed by atoms with Crippen molar-refractivity contribution in [2.24, 2.45) is 0 Å². The molecule has 0 atom stereocenters. The predicted octanol–water partition coefficient (Wildman–Crippen LogP) is 5.94. The Labute approximate surface area is 182 Å². The van der Waals surface area contributed by atoms with Gasteiger partial charge in [-0.3, -0.25) is 0 Å². The van der Waals surface area contributed by atoms with Gasteiger partial charge in [-0.1, -0.05) is 0 Å². The fraction of sp³-hybridized carbons (Fsp3) is 0. The average molecular weight is 462 g/mol. The van der Waals surface area contributed by atoms with Crippen molar-refractivity contribution in [2.75, 3.05) is 16.0 Å². The summed E-state index contributed by atoms with van der Waals surface area (Å²) in [6, 6.07) is 8.14. The van der Waals surface area contributed by atoms with Gasteiger partial charge in [0.15, 0.2) is 0 Å². The van der Waals surface area contributed by atoms with Crippen molar-refractivity contribution in [3.05, 3.63) is 89.5 Å². The summed E-state index contributed by atoms with van der Waals surface area (Å²) in [5, 5.41) is 7.52. The third-order valence-corrected chi connectivity index (χ3v) is 4.17. The molecule has 0 aliphatic carbocycles. The lowest BCUT2D eigenvalue weighted by Crippen LogP contribution is -2.09. The van der Waals surface area contributed by atoms with Crippen LogP contribution in [-0.2, 0) is 0 Å². The van der Waals surface area contributed by atoms with Crippen LogP contribution in [0.1, 0.15) is 0 Å². The van der Waals surface area contributed by atoms with E-state index in [4.69, 9.17) is 0 Å². The number of rotatable bonds is 6. The van der Waals surface area contributed by atoms with Crippen molar-refractivity contribution in [3.8, 4) is 0 Å². The molecule has 4 aromatic rings.